The van der Waals surface area contributed by atoms with Crippen LogP contribution in [0.4, 0.5) is 10.1 Å². The van der Waals surface area contributed by atoms with E-state index in [-0.39, 0.29) is 11.7 Å². The van der Waals surface area contributed by atoms with E-state index in [1.54, 1.807) is 12.1 Å². The van der Waals surface area contributed by atoms with Gasteiger partial charge in [0.15, 0.2) is 0 Å². The molecule has 4 heteroatoms. The monoisotopic (exact) mass is 265 g/mol. The minimum atomic E-state index is -0.995. The van der Waals surface area contributed by atoms with Crippen LogP contribution in [0.2, 0.25) is 0 Å². The van der Waals surface area contributed by atoms with Crippen molar-refractivity contribution >= 4 is 11.7 Å². The van der Waals surface area contributed by atoms with Gasteiger partial charge in [-0.25, -0.2) is 9.18 Å². The highest BCUT2D eigenvalue weighted by atomic mass is 19.1. The molecular weight excluding hydrogens is 245 g/mol. The van der Waals surface area contributed by atoms with Gasteiger partial charge in [-0.1, -0.05) is 32.8 Å². The van der Waals surface area contributed by atoms with E-state index in [1.165, 1.54) is 12.1 Å². The number of anilines is 1. The van der Waals surface area contributed by atoms with Crippen LogP contribution in [0.5, 0.6) is 0 Å². The van der Waals surface area contributed by atoms with Crippen LogP contribution in [0.1, 0.15) is 33.1 Å². The molecule has 0 spiro atoms. The van der Waals surface area contributed by atoms with Crippen LogP contribution in [-0.4, -0.2) is 16.6 Å². The highest BCUT2D eigenvalue weighted by Gasteiger charge is 2.47. The normalized spacial score (nSPS) is 30.9. The summed E-state index contributed by atoms with van der Waals surface area (Å²) in [7, 11) is 0. The van der Waals surface area contributed by atoms with Crippen molar-refractivity contribution in [2.24, 2.45) is 11.8 Å². The lowest BCUT2D eigenvalue weighted by molar-refractivity contribution is -0.146. The Morgan fingerprint density at radius 3 is 2.84 bits per heavy atom. The van der Waals surface area contributed by atoms with Crippen molar-refractivity contribution < 1.29 is 14.3 Å². The molecule has 3 atom stereocenters. The Morgan fingerprint density at radius 1 is 1.47 bits per heavy atom. The summed E-state index contributed by atoms with van der Waals surface area (Å²) in [6, 6.07) is 5.99. The second-order valence-corrected chi connectivity index (χ2v) is 5.57. The average Bonchev–Trinajstić information content (AvgIpc) is 2.35. The zero-order valence-electron chi connectivity index (χ0n) is 11.3. The van der Waals surface area contributed by atoms with Crippen molar-refractivity contribution in [1.29, 1.82) is 0 Å². The number of carboxylic acid groups (broad SMARTS) is 1. The first-order valence-corrected chi connectivity index (χ1v) is 6.73. The molecule has 0 aliphatic heterocycles. The maximum absolute atomic E-state index is 13.2. The van der Waals surface area contributed by atoms with Gasteiger partial charge < -0.3 is 10.4 Å². The van der Waals surface area contributed by atoms with Crippen LogP contribution in [0, 0.1) is 17.7 Å². The third-order valence-corrected chi connectivity index (χ3v) is 4.44. The first-order chi connectivity index (χ1) is 8.95. The van der Waals surface area contributed by atoms with E-state index in [0.29, 0.717) is 18.0 Å². The summed E-state index contributed by atoms with van der Waals surface area (Å²) >= 11 is 0. The number of carboxylic acids is 1. The highest BCUT2D eigenvalue weighted by Crippen LogP contribution is 2.40. The van der Waals surface area contributed by atoms with Crippen molar-refractivity contribution in [3.63, 3.8) is 0 Å². The average molecular weight is 265 g/mol. The van der Waals surface area contributed by atoms with Crippen molar-refractivity contribution in [1.82, 2.24) is 0 Å². The van der Waals surface area contributed by atoms with Crippen LogP contribution >= 0.6 is 0 Å². The zero-order chi connectivity index (χ0) is 14.0. The summed E-state index contributed by atoms with van der Waals surface area (Å²) in [4.78, 5) is 11.8. The van der Waals surface area contributed by atoms with Crippen molar-refractivity contribution in [2.45, 2.75) is 38.6 Å². The van der Waals surface area contributed by atoms with Crippen molar-refractivity contribution in [2.75, 3.05) is 5.32 Å². The molecule has 0 radical (unpaired) electrons. The minimum absolute atomic E-state index is 0.00187. The zero-order valence-corrected chi connectivity index (χ0v) is 11.3. The lowest BCUT2D eigenvalue weighted by Gasteiger charge is -2.43. The molecule has 0 heterocycles. The van der Waals surface area contributed by atoms with E-state index in [9.17, 15) is 14.3 Å². The van der Waals surface area contributed by atoms with Gasteiger partial charge in [0.05, 0.1) is 0 Å². The summed E-state index contributed by atoms with van der Waals surface area (Å²) in [5.74, 6) is -0.870. The van der Waals surface area contributed by atoms with Crippen molar-refractivity contribution in [3.05, 3.63) is 30.1 Å². The second-order valence-electron chi connectivity index (χ2n) is 5.57. The lowest BCUT2D eigenvalue weighted by atomic mass is 9.68. The molecule has 0 aromatic heterocycles. The van der Waals surface area contributed by atoms with Gasteiger partial charge in [0.2, 0.25) is 0 Å². The van der Waals surface area contributed by atoms with E-state index in [0.717, 1.165) is 12.8 Å². The molecule has 0 saturated heterocycles. The number of carbonyl (C=O) groups is 1. The summed E-state index contributed by atoms with van der Waals surface area (Å²) in [6.07, 6.45) is 2.49. The SMILES string of the molecule is CC1CCCC(Nc2cccc(F)c2)(C(=O)O)C1C. The predicted molar refractivity (Wildman–Crippen MR) is 72.6 cm³/mol. The Bertz CT molecular complexity index is 477. The predicted octanol–water partition coefficient (Wildman–Crippen LogP) is 3.52. The molecule has 1 aromatic rings. The molecule has 104 valence electrons. The quantitative estimate of drug-likeness (QED) is 0.879. The Hall–Kier alpha value is -1.58. The number of benzene rings is 1. The topological polar surface area (TPSA) is 49.3 Å². The van der Waals surface area contributed by atoms with Gasteiger partial charge in [0, 0.05) is 5.69 Å². The first kappa shape index (κ1) is 13.8. The highest BCUT2D eigenvalue weighted by molar-refractivity contribution is 5.83. The second kappa shape index (κ2) is 5.19. The minimum Gasteiger partial charge on any atom is -0.479 e. The van der Waals surface area contributed by atoms with E-state index in [1.807, 2.05) is 6.92 Å². The van der Waals surface area contributed by atoms with E-state index in [2.05, 4.69) is 12.2 Å². The van der Waals surface area contributed by atoms with Crippen LogP contribution in [-0.2, 0) is 4.79 Å². The molecule has 1 fully saturated rings. The van der Waals surface area contributed by atoms with Crippen LogP contribution < -0.4 is 5.32 Å². The Morgan fingerprint density at radius 2 is 2.21 bits per heavy atom. The smallest absolute Gasteiger partial charge is 0.329 e. The van der Waals surface area contributed by atoms with Gasteiger partial charge in [-0.2, -0.15) is 0 Å². The fourth-order valence-corrected chi connectivity index (χ4v) is 3.02. The number of nitrogens with one attached hydrogen (secondary N) is 1. The molecule has 2 rings (SSSR count). The largest absolute Gasteiger partial charge is 0.479 e. The fraction of sp³-hybridized carbons (Fsp3) is 0.533. The van der Waals surface area contributed by atoms with Crippen LogP contribution in [0.3, 0.4) is 0 Å². The van der Waals surface area contributed by atoms with E-state index in [4.69, 9.17) is 0 Å². The van der Waals surface area contributed by atoms with Crippen LogP contribution in [0.25, 0.3) is 0 Å². The molecular formula is C15H20FNO2. The molecule has 0 amide bonds. The molecule has 2 N–H and O–H groups in total. The molecule has 3 unspecified atom stereocenters. The summed E-state index contributed by atoms with van der Waals surface area (Å²) in [5.41, 5.74) is -0.464. The molecule has 19 heavy (non-hydrogen) atoms. The summed E-state index contributed by atoms with van der Waals surface area (Å²) < 4.78 is 13.2. The Balaban J connectivity index is 2.32. The van der Waals surface area contributed by atoms with E-state index >= 15 is 0 Å². The molecule has 3 nitrogen and oxygen atoms in total. The third kappa shape index (κ3) is 2.57. The molecule has 1 aliphatic carbocycles. The number of aliphatic carboxylic acids is 1. The lowest BCUT2D eigenvalue weighted by Crippen LogP contribution is -2.55. The van der Waals surface area contributed by atoms with Gasteiger partial charge in [0.25, 0.3) is 0 Å². The third-order valence-electron chi connectivity index (χ3n) is 4.44. The maximum Gasteiger partial charge on any atom is 0.329 e. The molecule has 0 bridgehead atoms. The number of rotatable bonds is 3. The Kier molecular flexibility index (Phi) is 3.78. The van der Waals surface area contributed by atoms with Gasteiger partial charge in [-0.05, 0) is 36.5 Å². The van der Waals surface area contributed by atoms with Gasteiger partial charge in [0.1, 0.15) is 11.4 Å². The number of halogens is 1. The summed E-state index contributed by atoms with van der Waals surface area (Å²) in [5, 5.41) is 12.7. The standard InChI is InChI=1S/C15H20FNO2/c1-10-5-4-8-15(11(10)2,14(18)19)17-13-7-3-6-12(16)9-13/h3,6-7,9-11,17H,4-5,8H2,1-2H3,(H,18,19). The van der Waals surface area contributed by atoms with Crippen LogP contribution in [0.15, 0.2) is 24.3 Å². The fourth-order valence-electron chi connectivity index (χ4n) is 3.02. The number of hydrogen-bond acceptors (Lipinski definition) is 2. The molecule has 1 aromatic carbocycles. The Labute approximate surface area is 112 Å². The number of hydrogen-bond donors (Lipinski definition) is 2. The molecule has 1 saturated carbocycles. The first-order valence-electron chi connectivity index (χ1n) is 6.73. The molecule has 1 aliphatic rings. The van der Waals surface area contributed by atoms with Gasteiger partial charge in [-0.3, -0.25) is 0 Å². The van der Waals surface area contributed by atoms with Crippen molar-refractivity contribution in [3.8, 4) is 0 Å². The summed E-state index contributed by atoms with van der Waals surface area (Å²) in [6.45, 7) is 4.04. The van der Waals surface area contributed by atoms with E-state index < -0.39 is 11.5 Å². The maximum atomic E-state index is 13.2. The van der Waals surface area contributed by atoms with Gasteiger partial charge in [-0.15, -0.1) is 0 Å². The van der Waals surface area contributed by atoms with Gasteiger partial charge >= 0.3 is 5.97 Å².